The van der Waals surface area contributed by atoms with Gasteiger partial charge in [-0.3, -0.25) is 9.89 Å². The molecular formula is C20H19FN4O2S. The normalized spacial score (nSPS) is 15.4. The summed E-state index contributed by atoms with van der Waals surface area (Å²) in [5, 5.41) is 6.88. The maximum atomic E-state index is 14.0. The number of carbonyl (C=O) groups is 1. The second-order valence-corrected chi connectivity index (χ2v) is 7.36. The Balaban J connectivity index is 1.59. The number of hydrogen-bond acceptors (Lipinski definition) is 5. The van der Waals surface area contributed by atoms with Crippen molar-refractivity contribution in [3.63, 3.8) is 0 Å². The van der Waals surface area contributed by atoms with Gasteiger partial charge < -0.3 is 9.64 Å². The summed E-state index contributed by atoms with van der Waals surface area (Å²) in [5.74, 6) is -0.0397. The Labute approximate surface area is 166 Å². The van der Waals surface area contributed by atoms with Crippen molar-refractivity contribution in [3.05, 3.63) is 66.0 Å². The van der Waals surface area contributed by atoms with Crippen molar-refractivity contribution >= 4 is 17.7 Å². The zero-order valence-corrected chi connectivity index (χ0v) is 15.9. The summed E-state index contributed by atoms with van der Waals surface area (Å²) >= 11 is 1.26. The highest BCUT2D eigenvalue weighted by Gasteiger charge is 2.29. The third-order valence-corrected chi connectivity index (χ3v) is 5.57. The van der Waals surface area contributed by atoms with Crippen LogP contribution in [0.15, 0.2) is 59.8 Å². The van der Waals surface area contributed by atoms with Gasteiger partial charge in [0.05, 0.1) is 18.8 Å². The molecule has 144 valence electrons. The number of rotatable bonds is 5. The fourth-order valence-corrected chi connectivity index (χ4v) is 4.01. The number of ether oxygens (including phenoxy) is 1. The largest absolute Gasteiger partial charge is 0.378 e. The summed E-state index contributed by atoms with van der Waals surface area (Å²) < 4.78 is 19.4. The lowest BCUT2D eigenvalue weighted by Crippen LogP contribution is -2.42. The first-order chi connectivity index (χ1) is 13.7. The first-order valence-electron chi connectivity index (χ1n) is 8.98. The molecule has 1 saturated heterocycles. The van der Waals surface area contributed by atoms with Crippen LogP contribution in [0.3, 0.4) is 0 Å². The highest BCUT2D eigenvalue weighted by molar-refractivity contribution is 8.00. The maximum absolute atomic E-state index is 14.0. The van der Waals surface area contributed by atoms with Gasteiger partial charge in [0.25, 0.3) is 0 Å². The van der Waals surface area contributed by atoms with E-state index in [9.17, 15) is 9.18 Å². The molecule has 2 heterocycles. The number of aromatic nitrogens is 3. The molecule has 0 radical (unpaired) electrons. The van der Waals surface area contributed by atoms with Gasteiger partial charge in [-0.2, -0.15) is 0 Å². The van der Waals surface area contributed by atoms with Gasteiger partial charge in [0.1, 0.15) is 11.1 Å². The Morgan fingerprint density at radius 2 is 1.82 bits per heavy atom. The summed E-state index contributed by atoms with van der Waals surface area (Å²) in [7, 11) is 0. The predicted octanol–water partition coefficient (Wildman–Crippen LogP) is 3.30. The van der Waals surface area contributed by atoms with Gasteiger partial charge in [-0.25, -0.2) is 9.37 Å². The summed E-state index contributed by atoms with van der Waals surface area (Å²) in [5.41, 5.74) is 1.22. The van der Waals surface area contributed by atoms with E-state index in [1.54, 1.807) is 23.1 Å². The lowest BCUT2D eigenvalue weighted by molar-refractivity contribution is -0.134. The molecule has 0 spiro atoms. The molecule has 4 rings (SSSR count). The van der Waals surface area contributed by atoms with Crippen molar-refractivity contribution < 1.29 is 13.9 Å². The molecule has 8 heteroatoms. The molecule has 28 heavy (non-hydrogen) atoms. The number of hydrogen-bond donors (Lipinski definition) is 1. The first kappa shape index (κ1) is 18.6. The van der Waals surface area contributed by atoms with Crippen LogP contribution < -0.4 is 0 Å². The van der Waals surface area contributed by atoms with Crippen LogP contribution in [0.4, 0.5) is 4.39 Å². The molecule has 0 aliphatic carbocycles. The summed E-state index contributed by atoms with van der Waals surface area (Å²) in [6.07, 6.45) is 0. The molecule has 2 aromatic carbocycles. The Morgan fingerprint density at radius 1 is 1.11 bits per heavy atom. The third kappa shape index (κ3) is 4.07. The zero-order chi connectivity index (χ0) is 19.3. The Morgan fingerprint density at radius 3 is 2.57 bits per heavy atom. The van der Waals surface area contributed by atoms with E-state index in [1.165, 1.54) is 17.8 Å². The summed E-state index contributed by atoms with van der Waals surface area (Å²) in [6, 6.07) is 15.9. The highest BCUT2D eigenvalue weighted by atomic mass is 32.2. The molecule has 1 fully saturated rings. The van der Waals surface area contributed by atoms with Crippen molar-refractivity contribution in [1.29, 1.82) is 0 Å². The van der Waals surface area contributed by atoms with Gasteiger partial charge in [0.2, 0.25) is 11.1 Å². The fraction of sp³-hybridized carbons (Fsp3) is 0.250. The summed E-state index contributed by atoms with van der Waals surface area (Å²) in [6.45, 7) is 2.21. The lowest BCUT2D eigenvalue weighted by atomic mass is 10.1. The fourth-order valence-electron chi connectivity index (χ4n) is 3.02. The van der Waals surface area contributed by atoms with Crippen LogP contribution in [0.5, 0.6) is 0 Å². The average molecular weight is 398 g/mol. The molecule has 1 amide bonds. The second kappa shape index (κ2) is 8.53. The van der Waals surface area contributed by atoms with E-state index in [1.807, 2.05) is 30.3 Å². The van der Waals surface area contributed by atoms with Crippen LogP contribution in [-0.2, 0) is 9.53 Å². The SMILES string of the molecule is O=C([C@H](Sc1n[nH]c(-c2ccccc2F)n1)c1ccccc1)N1CCOCC1. The van der Waals surface area contributed by atoms with Crippen molar-refractivity contribution in [1.82, 2.24) is 20.1 Å². The van der Waals surface area contributed by atoms with E-state index >= 15 is 0 Å². The number of benzene rings is 2. The molecule has 1 N–H and O–H groups in total. The van der Waals surface area contributed by atoms with E-state index in [2.05, 4.69) is 15.2 Å². The molecule has 0 saturated carbocycles. The van der Waals surface area contributed by atoms with Crippen LogP contribution >= 0.6 is 11.8 Å². The number of nitrogens with one attached hydrogen (secondary N) is 1. The highest BCUT2D eigenvalue weighted by Crippen LogP contribution is 2.36. The van der Waals surface area contributed by atoms with Crippen molar-refractivity contribution in [2.45, 2.75) is 10.4 Å². The molecule has 1 atom stereocenters. The van der Waals surface area contributed by atoms with E-state index < -0.39 is 5.25 Å². The maximum Gasteiger partial charge on any atom is 0.240 e. The summed E-state index contributed by atoms with van der Waals surface area (Å²) in [4.78, 5) is 19.4. The Hall–Kier alpha value is -2.71. The van der Waals surface area contributed by atoms with Gasteiger partial charge in [-0.1, -0.05) is 54.2 Å². The smallest absolute Gasteiger partial charge is 0.240 e. The molecule has 1 aliphatic rings. The number of carbonyl (C=O) groups excluding carboxylic acids is 1. The van der Waals surface area contributed by atoms with Crippen molar-refractivity contribution in [3.8, 4) is 11.4 Å². The predicted molar refractivity (Wildman–Crippen MR) is 104 cm³/mol. The standard InChI is InChI=1S/C20H19FN4O2S/c21-16-9-5-4-8-15(16)18-22-20(24-23-18)28-17(14-6-2-1-3-7-14)19(26)25-10-12-27-13-11-25/h1-9,17H,10-13H2,(H,22,23,24)/t17-/m1/s1. The van der Waals surface area contributed by atoms with Crippen LogP contribution in [0.1, 0.15) is 10.8 Å². The first-order valence-corrected chi connectivity index (χ1v) is 9.86. The van der Waals surface area contributed by atoms with E-state index in [0.29, 0.717) is 42.8 Å². The van der Waals surface area contributed by atoms with Crippen molar-refractivity contribution in [2.75, 3.05) is 26.3 Å². The van der Waals surface area contributed by atoms with Crippen LogP contribution in [-0.4, -0.2) is 52.3 Å². The quantitative estimate of drug-likeness (QED) is 0.668. The molecule has 3 aromatic rings. The van der Waals surface area contributed by atoms with E-state index in [-0.39, 0.29) is 11.7 Å². The number of thioether (sulfide) groups is 1. The lowest BCUT2D eigenvalue weighted by Gasteiger charge is -2.30. The van der Waals surface area contributed by atoms with Gasteiger partial charge in [-0.05, 0) is 17.7 Å². The van der Waals surface area contributed by atoms with Crippen LogP contribution in [0.2, 0.25) is 0 Å². The number of aromatic amines is 1. The number of nitrogens with zero attached hydrogens (tertiary/aromatic N) is 3. The van der Waals surface area contributed by atoms with Crippen LogP contribution in [0, 0.1) is 5.82 Å². The van der Waals surface area contributed by atoms with E-state index in [4.69, 9.17) is 4.74 Å². The average Bonchev–Trinajstić information content (AvgIpc) is 3.21. The van der Waals surface area contributed by atoms with Crippen LogP contribution in [0.25, 0.3) is 11.4 Å². The number of halogens is 1. The minimum Gasteiger partial charge on any atom is -0.378 e. The number of morpholine rings is 1. The van der Waals surface area contributed by atoms with E-state index in [0.717, 1.165) is 5.56 Å². The van der Waals surface area contributed by atoms with Gasteiger partial charge in [-0.15, -0.1) is 5.10 Å². The molecule has 0 unspecified atom stereocenters. The molecular weight excluding hydrogens is 379 g/mol. The minimum atomic E-state index is -0.483. The number of amides is 1. The monoisotopic (exact) mass is 398 g/mol. The molecule has 6 nitrogen and oxygen atoms in total. The second-order valence-electron chi connectivity index (χ2n) is 6.29. The van der Waals surface area contributed by atoms with Gasteiger partial charge in [0, 0.05) is 13.1 Å². The molecule has 1 aromatic heterocycles. The minimum absolute atomic E-state index is 0.00302. The van der Waals surface area contributed by atoms with Gasteiger partial charge >= 0.3 is 0 Å². The molecule has 0 bridgehead atoms. The zero-order valence-electron chi connectivity index (χ0n) is 15.0. The Kier molecular flexibility index (Phi) is 5.68. The van der Waals surface area contributed by atoms with Gasteiger partial charge in [0.15, 0.2) is 5.82 Å². The number of H-pyrrole nitrogens is 1. The Bertz CT molecular complexity index is 944. The third-order valence-electron chi connectivity index (χ3n) is 4.47. The topological polar surface area (TPSA) is 71.1 Å². The molecule has 1 aliphatic heterocycles. The van der Waals surface area contributed by atoms with Crippen molar-refractivity contribution in [2.24, 2.45) is 0 Å².